The zero-order valence-electron chi connectivity index (χ0n) is 17.8. The smallest absolute Gasteiger partial charge is 0.272 e. The van der Waals surface area contributed by atoms with Crippen LogP contribution in [0.5, 0.6) is 0 Å². The molecular formula is C20H34N4O4. The largest absolute Gasteiger partial charge is 0.394 e. The van der Waals surface area contributed by atoms with Gasteiger partial charge >= 0.3 is 0 Å². The van der Waals surface area contributed by atoms with Gasteiger partial charge in [0.1, 0.15) is 5.69 Å². The minimum Gasteiger partial charge on any atom is -0.394 e. The molecule has 2 atom stereocenters. The average Bonchev–Trinajstić information content (AvgIpc) is 3.04. The second-order valence-electron chi connectivity index (χ2n) is 8.47. The number of aromatic nitrogens is 2. The molecule has 8 heteroatoms. The van der Waals surface area contributed by atoms with E-state index in [1.54, 1.807) is 11.8 Å². The van der Waals surface area contributed by atoms with Crippen molar-refractivity contribution in [1.29, 1.82) is 0 Å². The molecule has 2 aliphatic rings. The van der Waals surface area contributed by atoms with Gasteiger partial charge in [-0.25, -0.2) is 0 Å². The quantitative estimate of drug-likeness (QED) is 0.778. The molecule has 1 saturated heterocycles. The lowest BCUT2D eigenvalue weighted by Crippen LogP contribution is -2.57. The summed E-state index contributed by atoms with van der Waals surface area (Å²) < 4.78 is 12.9. The second kappa shape index (κ2) is 8.49. The van der Waals surface area contributed by atoms with Crippen LogP contribution in [0.3, 0.4) is 0 Å². The molecule has 1 aromatic heterocycles. The maximum atomic E-state index is 13.5. The molecule has 0 aliphatic carbocycles. The SMILES string of the molecule is COCCn1nc2c(c1C(=O)N1CCN(C(C)(C)CO)CC1)C[C@H](C)O[C@@H]2C. The summed E-state index contributed by atoms with van der Waals surface area (Å²) in [6.07, 6.45) is 0.651. The molecule has 1 aromatic rings. The van der Waals surface area contributed by atoms with Crippen molar-refractivity contribution in [1.82, 2.24) is 19.6 Å². The Kier molecular flexibility index (Phi) is 6.44. The lowest BCUT2D eigenvalue weighted by Gasteiger charge is -2.43. The molecule has 0 saturated carbocycles. The molecule has 1 fully saturated rings. The number of hydrogen-bond acceptors (Lipinski definition) is 6. The number of aliphatic hydroxyl groups excluding tert-OH is 1. The number of amides is 1. The van der Waals surface area contributed by atoms with E-state index in [0.29, 0.717) is 38.4 Å². The number of methoxy groups -OCH3 is 1. The van der Waals surface area contributed by atoms with Crippen LogP contribution in [0.15, 0.2) is 0 Å². The summed E-state index contributed by atoms with van der Waals surface area (Å²) in [5.41, 5.74) is 2.31. The van der Waals surface area contributed by atoms with Crippen LogP contribution in [0.1, 0.15) is 55.5 Å². The van der Waals surface area contributed by atoms with Crippen LogP contribution in [0.25, 0.3) is 0 Å². The third-order valence-corrected chi connectivity index (χ3v) is 5.91. The third-order valence-electron chi connectivity index (χ3n) is 5.91. The van der Waals surface area contributed by atoms with Gasteiger partial charge in [0.15, 0.2) is 0 Å². The maximum absolute atomic E-state index is 13.5. The fraction of sp³-hybridized carbons (Fsp3) is 0.800. The zero-order valence-corrected chi connectivity index (χ0v) is 17.8. The van der Waals surface area contributed by atoms with Crippen molar-refractivity contribution in [3.8, 4) is 0 Å². The van der Waals surface area contributed by atoms with E-state index in [0.717, 1.165) is 24.3 Å². The van der Waals surface area contributed by atoms with Crippen LogP contribution in [0.2, 0.25) is 0 Å². The van der Waals surface area contributed by atoms with Crippen molar-refractivity contribution in [2.75, 3.05) is 46.5 Å². The van der Waals surface area contributed by atoms with Gasteiger partial charge in [-0.1, -0.05) is 0 Å². The molecule has 3 rings (SSSR count). The predicted molar refractivity (Wildman–Crippen MR) is 105 cm³/mol. The Balaban J connectivity index is 1.83. The summed E-state index contributed by atoms with van der Waals surface area (Å²) in [4.78, 5) is 17.6. The van der Waals surface area contributed by atoms with Crippen molar-refractivity contribution in [3.05, 3.63) is 17.0 Å². The second-order valence-corrected chi connectivity index (χ2v) is 8.47. The number of fused-ring (bicyclic) bond motifs is 1. The van der Waals surface area contributed by atoms with Crippen LogP contribution >= 0.6 is 0 Å². The average molecular weight is 395 g/mol. The normalized spacial score (nSPS) is 23.7. The molecule has 0 spiro atoms. The molecule has 0 unspecified atom stereocenters. The summed E-state index contributed by atoms with van der Waals surface area (Å²) in [5, 5.41) is 14.3. The van der Waals surface area contributed by atoms with E-state index in [1.807, 2.05) is 32.6 Å². The van der Waals surface area contributed by atoms with E-state index in [2.05, 4.69) is 4.90 Å². The highest BCUT2D eigenvalue weighted by atomic mass is 16.5. The third kappa shape index (κ3) is 4.10. The zero-order chi connectivity index (χ0) is 20.5. The topological polar surface area (TPSA) is 80.1 Å². The monoisotopic (exact) mass is 394 g/mol. The Morgan fingerprint density at radius 2 is 1.96 bits per heavy atom. The highest BCUT2D eigenvalue weighted by Crippen LogP contribution is 2.32. The van der Waals surface area contributed by atoms with Crippen LogP contribution in [0, 0.1) is 0 Å². The Morgan fingerprint density at radius 3 is 2.57 bits per heavy atom. The molecular weight excluding hydrogens is 360 g/mol. The Bertz CT molecular complexity index is 695. The van der Waals surface area contributed by atoms with E-state index >= 15 is 0 Å². The van der Waals surface area contributed by atoms with Gasteiger partial charge in [0, 0.05) is 50.8 Å². The van der Waals surface area contributed by atoms with Gasteiger partial charge in [-0.15, -0.1) is 0 Å². The molecule has 1 amide bonds. The molecule has 8 nitrogen and oxygen atoms in total. The fourth-order valence-corrected chi connectivity index (χ4v) is 4.14. The lowest BCUT2D eigenvalue weighted by atomic mass is 9.99. The first kappa shape index (κ1) is 21.2. The number of carbonyl (C=O) groups excluding carboxylic acids is 1. The minimum atomic E-state index is -0.267. The van der Waals surface area contributed by atoms with Gasteiger partial charge in [0.2, 0.25) is 0 Å². The molecule has 0 radical (unpaired) electrons. The van der Waals surface area contributed by atoms with E-state index in [1.165, 1.54) is 0 Å². The number of piperazine rings is 1. The van der Waals surface area contributed by atoms with Crippen molar-refractivity contribution in [2.24, 2.45) is 0 Å². The molecule has 3 heterocycles. The Labute approximate surface area is 167 Å². The maximum Gasteiger partial charge on any atom is 0.272 e. The minimum absolute atomic E-state index is 0.0348. The first-order chi connectivity index (χ1) is 13.3. The predicted octanol–water partition coefficient (Wildman–Crippen LogP) is 1.08. The number of aliphatic hydroxyl groups is 1. The van der Waals surface area contributed by atoms with E-state index in [4.69, 9.17) is 14.6 Å². The molecule has 28 heavy (non-hydrogen) atoms. The first-order valence-electron chi connectivity index (χ1n) is 10.2. The van der Waals surface area contributed by atoms with E-state index in [9.17, 15) is 9.90 Å². The van der Waals surface area contributed by atoms with Crippen LogP contribution < -0.4 is 0 Å². The molecule has 0 aromatic carbocycles. The standard InChI is InChI=1S/C20H34N4O4/c1-14-12-16-17(15(2)28-14)21-24(10-11-27-5)18(16)19(26)22-6-8-23(9-7-22)20(3,4)13-25/h14-15,25H,6-13H2,1-5H3/t14-,15+/m0/s1. The van der Waals surface area contributed by atoms with Crippen LogP contribution in [-0.4, -0.2) is 88.7 Å². The Morgan fingerprint density at radius 1 is 1.29 bits per heavy atom. The number of carbonyl (C=O) groups is 1. The number of rotatable bonds is 6. The van der Waals surface area contributed by atoms with Crippen molar-refractivity contribution >= 4 is 5.91 Å². The summed E-state index contributed by atoms with van der Waals surface area (Å²) in [6, 6.07) is 0. The lowest BCUT2D eigenvalue weighted by molar-refractivity contribution is -0.00730. The Hall–Kier alpha value is -1.48. The summed E-state index contributed by atoms with van der Waals surface area (Å²) in [7, 11) is 1.65. The molecule has 0 bridgehead atoms. The number of nitrogens with zero attached hydrogens (tertiary/aromatic N) is 4. The van der Waals surface area contributed by atoms with Gasteiger partial charge in [-0.05, 0) is 27.7 Å². The van der Waals surface area contributed by atoms with Crippen molar-refractivity contribution in [3.63, 3.8) is 0 Å². The van der Waals surface area contributed by atoms with Crippen LogP contribution in [-0.2, 0) is 22.4 Å². The molecule has 158 valence electrons. The molecule has 1 N–H and O–H groups in total. The summed E-state index contributed by atoms with van der Waals surface area (Å²) in [6.45, 7) is 12.0. The number of hydrogen-bond donors (Lipinski definition) is 1. The van der Waals surface area contributed by atoms with Crippen molar-refractivity contribution < 1.29 is 19.4 Å². The van der Waals surface area contributed by atoms with Gasteiger partial charge in [0.05, 0.1) is 37.7 Å². The van der Waals surface area contributed by atoms with Gasteiger partial charge in [-0.3, -0.25) is 14.4 Å². The highest BCUT2D eigenvalue weighted by Gasteiger charge is 2.36. The van der Waals surface area contributed by atoms with E-state index in [-0.39, 0.29) is 30.3 Å². The van der Waals surface area contributed by atoms with E-state index < -0.39 is 0 Å². The summed E-state index contributed by atoms with van der Waals surface area (Å²) >= 11 is 0. The fourth-order valence-electron chi connectivity index (χ4n) is 4.14. The molecule has 2 aliphatic heterocycles. The van der Waals surface area contributed by atoms with Crippen LogP contribution in [0.4, 0.5) is 0 Å². The number of ether oxygens (including phenoxy) is 2. The summed E-state index contributed by atoms with van der Waals surface area (Å²) in [5.74, 6) is 0.0348. The van der Waals surface area contributed by atoms with Gasteiger partial charge in [-0.2, -0.15) is 5.10 Å². The van der Waals surface area contributed by atoms with Crippen molar-refractivity contribution in [2.45, 2.75) is 58.4 Å². The van der Waals surface area contributed by atoms with Gasteiger partial charge < -0.3 is 19.5 Å². The van der Waals surface area contributed by atoms with Gasteiger partial charge in [0.25, 0.3) is 5.91 Å². The highest BCUT2D eigenvalue weighted by molar-refractivity contribution is 5.94. The first-order valence-corrected chi connectivity index (χ1v) is 10.2.